The minimum Gasteiger partial charge on any atom is -0.396 e. The number of likely N-dealkylation sites (tertiary alicyclic amines) is 1. The molecule has 0 aliphatic carbocycles. The molecule has 1 aliphatic heterocycles. The van der Waals surface area contributed by atoms with Crippen LogP contribution >= 0.6 is 0 Å². The Morgan fingerprint density at radius 3 is 2.64 bits per heavy atom. The summed E-state index contributed by atoms with van der Waals surface area (Å²) >= 11 is 0. The molecule has 0 saturated carbocycles. The van der Waals surface area contributed by atoms with Gasteiger partial charge in [-0.1, -0.05) is 6.07 Å². The molecule has 0 bridgehead atoms. The van der Waals surface area contributed by atoms with Gasteiger partial charge in [0.05, 0.1) is 12.5 Å². The number of amides is 1. The lowest BCUT2D eigenvalue weighted by atomic mass is 9.92. The normalized spacial score (nSPS) is 18.4. The van der Waals surface area contributed by atoms with Crippen molar-refractivity contribution in [2.75, 3.05) is 26.2 Å². The Morgan fingerprint density at radius 1 is 1.24 bits per heavy atom. The highest BCUT2D eigenvalue weighted by atomic mass is 16.3. The number of carbonyl (C=O) groups excluding carboxylic acids is 1. The number of benzene rings is 1. The predicted molar refractivity (Wildman–Crippen MR) is 99.3 cm³/mol. The lowest BCUT2D eigenvalue weighted by molar-refractivity contribution is -0.126. The van der Waals surface area contributed by atoms with Crippen molar-refractivity contribution in [3.8, 4) is 0 Å². The molecule has 0 aromatic heterocycles. The standard InChI is InChI=1S/C20H32N2O3/c1-14-10-15(2)19(13-24)16(3)18(14)12-22-8-4-6-17(11-22)20(25)21-7-5-9-23/h10,17,23-24H,4-9,11-13H2,1-3H3,(H,21,25)/t17-/m0/s1. The fourth-order valence-corrected chi connectivity index (χ4v) is 3.83. The smallest absolute Gasteiger partial charge is 0.224 e. The average molecular weight is 348 g/mol. The van der Waals surface area contributed by atoms with Crippen molar-refractivity contribution in [2.24, 2.45) is 5.92 Å². The quantitative estimate of drug-likeness (QED) is 0.657. The maximum atomic E-state index is 12.3. The number of rotatable bonds is 7. The number of nitrogens with one attached hydrogen (secondary N) is 1. The van der Waals surface area contributed by atoms with Crippen LogP contribution in [0, 0.1) is 26.7 Å². The van der Waals surface area contributed by atoms with Gasteiger partial charge in [-0.05, 0) is 74.4 Å². The highest BCUT2D eigenvalue weighted by molar-refractivity contribution is 5.78. The van der Waals surface area contributed by atoms with Crippen LogP contribution in [0.15, 0.2) is 6.07 Å². The summed E-state index contributed by atoms with van der Waals surface area (Å²) in [6.07, 6.45) is 2.55. The Labute approximate surface area is 151 Å². The maximum Gasteiger partial charge on any atom is 0.224 e. The summed E-state index contributed by atoms with van der Waals surface area (Å²) in [6, 6.07) is 2.15. The van der Waals surface area contributed by atoms with Gasteiger partial charge in [-0.25, -0.2) is 0 Å². The molecule has 2 rings (SSSR count). The Bertz CT molecular complexity index is 601. The molecule has 1 saturated heterocycles. The van der Waals surface area contributed by atoms with E-state index < -0.39 is 0 Å². The Morgan fingerprint density at radius 2 is 1.96 bits per heavy atom. The van der Waals surface area contributed by atoms with Crippen LogP contribution in [-0.2, 0) is 17.9 Å². The third kappa shape index (κ3) is 5.03. The lowest BCUT2D eigenvalue weighted by Gasteiger charge is -2.33. The summed E-state index contributed by atoms with van der Waals surface area (Å²) in [5, 5.41) is 21.4. The first-order valence-corrected chi connectivity index (χ1v) is 9.28. The van der Waals surface area contributed by atoms with Crippen LogP contribution < -0.4 is 5.32 Å². The molecule has 5 heteroatoms. The molecule has 1 aliphatic rings. The van der Waals surface area contributed by atoms with Gasteiger partial charge in [-0.15, -0.1) is 0 Å². The number of aliphatic hydroxyl groups excluding tert-OH is 2. The minimum atomic E-state index is 0.0239. The molecule has 25 heavy (non-hydrogen) atoms. The van der Waals surface area contributed by atoms with Crippen LogP contribution in [0.1, 0.15) is 47.1 Å². The van der Waals surface area contributed by atoms with E-state index in [0.717, 1.165) is 43.6 Å². The summed E-state index contributed by atoms with van der Waals surface area (Å²) in [6.45, 7) is 9.57. The number of hydrogen-bond acceptors (Lipinski definition) is 4. The summed E-state index contributed by atoms with van der Waals surface area (Å²) in [7, 11) is 0. The average Bonchev–Trinajstić information content (AvgIpc) is 2.59. The molecule has 3 N–H and O–H groups in total. The van der Waals surface area contributed by atoms with E-state index in [4.69, 9.17) is 5.11 Å². The number of hydrogen-bond donors (Lipinski definition) is 3. The van der Waals surface area contributed by atoms with E-state index >= 15 is 0 Å². The monoisotopic (exact) mass is 348 g/mol. The lowest BCUT2D eigenvalue weighted by Crippen LogP contribution is -2.43. The van der Waals surface area contributed by atoms with Crippen molar-refractivity contribution in [3.05, 3.63) is 33.9 Å². The van der Waals surface area contributed by atoms with Crippen molar-refractivity contribution in [3.63, 3.8) is 0 Å². The van der Waals surface area contributed by atoms with Gasteiger partial charge in [0.15, 0.2) is 0 Å². The van der Waals surface area contributed by atoms with E-state index in [1.54, 1.807) is 0 Å². The highest BCUT2D eigenvalue weighted by Crippen LogP contribution is 2.26. The SMILES string of the molecule is Cc1cc(C)c(CN2CCC[C@H](C(=O)NCCCO)C2)c(C)c1CO. The Balaban J connectivity index is 2.04. The molecule has 140 valence electrons. The third-order valence-electron chi connectivity index (χ3n) is 5.34. The molecule has 5 nitrogen and oxygen atoms in total. The van der Waals surface area contributed by atoms with E-state index in [0.29, 0.717) is 13.0 Å². The van der Waals surface area contributed by atoms with E-state index in [2.05, 4.69) is 30.1 Å². The van der Waals surface area contributed by atoms with Gasteiger partial charge in [0.2, 0.25) is 5.91 Å². The first-order valence-electron chi connectivity index (χ1n) is 9.28. The Kier molecular flexibility index (Phi) is 7.41. The van der Waals surface area contributed by atoms with E-state index in [9.17, 15) is 9.90 Å². The van der Waals surface area contributed by atoms with Crippen LogP contribution in [0.25, 0.3) is 0 Å². The van der Waals surface area contributed by atoms with E-state index in [1.807, 2.05) is 6.92 Å². The first kappa shape index (κ1) is 19.9. The fourth-order valence-electron chi connectivity index (χ4n) is 3.83. The molecule has 1 fully saturated rings. The van der Waals surface area contributed by atoms with Crippen molar-refractivity contribution in [1.29, 1.82) is 0 Å². The summed E-state index contributed by atoms with van der Waals surface area (Å²) in [5.74, 6) is 0.127. The van der Waals surface area contributed by atoms with Gasteiger partial charge in [0.25, 0.3) is 0 Å². The largest absolute Gasteiger partial charge is 0.396 e. The predicted octanol–water partition coefficient (Wildman–Crippen LogP) is 1.81. The molecule has 1 aromatic carbocycles. The summed E-state index contributed by atoms with van der Waals surface area (Å²) in [5.41, 5.74) is 5.86. The van der Waals surface area contributed by atoms with Crippen molar-refractivity contribution in [2.45, 2.75) is 53.2 Å². The summed E-state index contributed by atoms with van der Waals surface area (Å²) < 4.78 is 0. The second-order valence-electron chi connectivity index (χ2n) is 7.19. The van der Waals surface area contributed by atoms with Crippen LogP contribution in [-0.4, -0.2) is 47.3 Å². The molecule has 1 atom stereocenters. The van der Waals surface area contributed by atoms with Crippen molar-refractivity contribution >= 4 is 5.91 Å². The minimum absolute atomic E-state index is 0.0239. The van der Waals surface area contributed by atoms with Crippen molar-refractivity contribution in [1.82, 2.24) is 10.2 Å². The van der Waals surface area contributed by atoms with Gasteiger partial charge >= 0.3 is 0 Å². The summed E-state index contributed by atoms with van der Waals surface area (Å²) in [4.78, 5) is 14.7. The molecule has 1 amide bonds. The zero-order chi connectivity index (χ0) is 18.4. The van der Waals surface area contributed by atoms with E-state index in [-0.39, 0.29) is 25.0 Å². The van der Waals surface area contributed by atoms with E-state index in [1.165, 1.54) is 16.7 Å². The number of aliphatic hydroxyl groups is 2. The Hall–Kier alpha value is -1.43. The maximum absolute atomic E-state index is 12.3. The second kappa shape index (κ2) is 9.32. The first-order chi connectivity index (χ1) is 12.0. The van der Waals surface area contributed by atoms with Gasteiger partial charge < -0.3 is 15.5 Å². The van der Waals surface area contributed by atoms with Gasteiger partial charge in [0.1, 0.15) is 0 Å². The molecule has 0 unspecified atom stereocenters. The van der Waals surface area contributed by atoms with Crippen LogP contribution in [0.4, 0.5) is 0 Å². The number of aryl methyl sites for hydroxylation is 2. The van der Waals surface area contributed by atoms with Crippen LogP contribution in [0.3, 0.4) is 0 Å². The molecular weight excluding hydrogens is 316 g/mol. The van der Waals surface area contributed by atoms with Gasteiger partial charge in [0, 0.05) is 26.2 Å². The highest BCUT2D eigenvalue weighted by Gasteiger charge is 2.26. The number of piperidine rings is 1. The van der Waals surface area contributed by atoms with Crippen molar-refractivity contribution < 1.29 is 15.0 Å². The van der Waals surface area contributed by atoms with Gasteiger partial charge in [-0.3, -0.25) is 9.69 Å². The van der Waals surface area contributed by atoms with Crippen LogP contribution in [0.2, 0.25) is 0 Å². The number of carbonyl (C=O) groups is 1. The second-order valence-corrected chi connectivity index (χ2v) is 7.19. The molecule has 1 aromatic rings. The zero-order valence-corrected chi connectivity index (χ0v) is 15.8. The fraction of sp³-hybridized carbons (Fsp3) is 0.650. The topological polar surface area (TPSA) is 72.8 Å². The molecular formula is C20H32N2O3. The third-order valence-corrected chi connectivity index (χ3v) is 5.34. The molecule has 0 spiro atoms. The molecule has 1 heterocycles. The van der Waals surface area contributed by atoms with Gasteiger partial charge in [-0.2, -0.15) is 0 Å². The van der Waals surface area contributed by atoms with Crippen LogP contribution in [0.5, 0.6) is 0 Å². The number of nitrogens with zero attached hydrogens (tertiary/aromatic N) is 1. The zero-order valence-electron chi connectivity index (χ0n) is 15.8. The molecule has 0 radical (unpaired) electrons.